The van der Waals surface area contributed by atoms with E-state index in [0.717, 1.165) is 9.13 Å². The van der Waals surface area contributed by atoms with Gasteiger partial charge in [0.05, 0.1) is 13.0 Å². The normalized spacial score (nSPS) is 12.2. The van der Waals surface area contributed by atoms with Crippen molar-refractivity contribution < 1.29 is 9.53 Å². The minimum absolute atomic E-state index is 0.231. The fraction of sp³-hybridized carbons (Fsp3) is 0.364. The van der Waals surface area contributed by atoms with Crippen molar-refractivity contribution in [2.24, 2.45) is 5.73 Å². The lowest BCUT2D eigenvalue weighted by Gasteiger charge is -2.11. The third-order valence-electron chi connectivity index (χ3n) is 1.99. The van der Waals surface area contributed by atoms with Crippen LogP contribution in [0.25, 0.3) is 0 Å². The first kappa shape index (κ1) is 12.4. The second-order valence-corrected chi connectivity index (χ2v) is 4.41. The monoisotopic (exact) mass is 319 g/mol. The number of rotatable bonds is 4. The van der Waals surface area contributed by atoms with Gasteiger partial charge in [-0.3, -0.25) is 4.79 Å². The highest BCUT2D eigenvalue weighted by molar-refractivity contribution is 14.1. The topological polar surface area (TPSA) is 52.3 Å². The van der Waals surface area contributed by atoms with Crippen LogP contribution < -0.4 is 5.73 Å². The molecule has 0 saturated heterocycles. The van der Waals surface area contributed by atoms with E-state index in [2.05, 4.69) is 22.6 Å². The molecule has 0 aliphatic heterocycles. The molecule has 4 heteroatoms. The smallest absolute Gasteiger partial charge is 0.307 e. The van der Waals surface area contributed by atoms with Gasteiger partial charge in [-0.2, -0.15) is 0 Å². The number of hydrogen-bond acceptors (Lipinski definition) is 3. The third-order valence-corrected chi connectivity index (χ3v) is 2.71. The number of carbonyl (C=O) groups excluding carboxylic acids is 1. The highest BCUT2D eigenvalue weighted by Crippen LogP contribution is 2.16. The highest BCUT2D eigenvalue weighted by Gasteiger charge is 2.11. The lowest BCUT2D eigenvalue weighted by molar-refractivity contribution is -0.143. The van der Waals surface area contributed by atoms with Gasteiger partial charge in [-0.25, -0.2) is 0 Å². The Kier molecular flexibility index (Phi) is 5.04. The van der Waals surface area contributed by atoms with Gasteiger partial charge >= 0.3 is 5.97 Å². The number of nitrogens with two attached hydrogens (primary N) is 1. The molecule has 1 aromatic carbocycles. The van der Waals surface area contributed by atoms with Crippen LogP contribution in [0.5, 0.6) is 0 Å². The van der Waals surface area contributed by atoms with Crippen LogP contribution in [-0.4, -0.2) is 12.6 Å². The summed E-state index contributed by atoms with van der Waals surface area (Å²) in [5.41, 5.74) is 6.83. The van der Waals surface area contributed by atoms with Gasteiger partial charge in [-0.15, -0.1) is 0 Å². The average Bonchev–Trinajstić information content (AvgIpc) is 2.18. The number of benzene rings is 1. The molecule has 0 radical (unpaired) electrons. The minimum Gasteiger partial charge on any atom is -0.466 e. The zero-order valence-electron chi connectivity index (χ0n) is 8.57. The van der Waals surface area contributed by atoms with Crippen LogP contribution in [0.1, 0.15) is 24.9 Å². The summed E-state index contributed by atoms with van der Waals surface area (Å²) in [5, 5.41) is 0. The quantitative estimate of drug-likeness (QED) is 0.684. The van der Waals surface area contributed by atoms with Crippen LogP contribution in [0.2, 0.25) is 0 Å². The van der Waals surface area contributed by atoms with Crippen molar-refractivity contribution in [2.45, 2.75) is 19.4 Å². The maximum Gasteiger partial charge on any atom is 0.307 e. The molecule has 0 saturated carbocycles. The van der Waals surface area contributed by atoms with E-state index >= 15 is 0 Å². The molecule has 1 unspecified atom stereocenters. The summed E-state index contributed by atoms with van der Waals surface area (Å²) in [6, 6.07) is 7.54. The Hall–Kier alpha value is -0.620. The molecule has 2 N–H and O–H groups in total. The molecule has 0 aliphatic rings. The van der Waals surface area contributed by atoms with Gasteiger partial charge in [-0.1, -0.05) is 12.1 Å². The van der Waals surface area contributed by atoms with E-state index in [1.54, 1.807) is 6.92 Å². The van der Waals surface area contributed by atoms with E-state index in [0.29, 0.717) is 6.61 Å². The second-order valence-electron chi connectivity index (χ2n) is 3.17. The zero-order chi connectivity index (χ0) is 11.3. The number of esters is 1. The Morgan fingerprint density at radius 1 is 1.47 bits per heavy atom. The number of hydrogen-bond donors (Lipinski definition) is 1. The molecule has 0 bridgehead atoms. The van der Waals surface area contributed by atoms with E-state index in [1.807, 2.05) is 24.3 Å². The number of halogens is 1. The van der Waals surface area contributed by atoms with Gasteiger partial charge in [0.15, 0.2) is 0 Å². The highest BCUT2D eigenvalue weighted by atomic mass is 127. The Bertz CT molecular complexity index is 324. The van der Waals surface area contributed by atoms with Crippen molar-refractivity contribution in [1.82, 2.24) is 0 Å². The molecular weight excluding hydrogens is 305 g/mol. The summed E-state index contributed by atoms with van der Waals surface area (Å²) in [5.74, 6) is -0.247. The van der Waals surface area contributed by atoms with E-state index in [4.69, 9.17) is 10.5 Å². The van der Waals surface area contributed by atoms with Gasteiger partial charge in [0, 0.05) is 9.61 Å². The molecule has 0 fully saturated rings. The Balaban J connectivity index is 2.57. The van der Waals surface area contributed by atoms with Crippen molar-refractivity contribution in [2.75, 3.05) is 6.61 Å². The van der Waals surface area contributed by atoms with Gasteiger partial charge in [0.2, 0.25) is 0 Å². The van der Waals surface area contributed by atoms with E-state index in [-0.39, 0.29) is 18.4 Å². The minimum atomic E-state index is -0.277. The van der Waals surface area contributed by atoms with Gasteiger partial charge in [-0.05, 0) is 47.2 Å². The molecule has 0 aliphatic carbocycles. The van der Waals surface area contributed by atoms with Gasteiger partial charge in [0.1, 0.15) is 0 Å². The molecular formula is C11H14INO2. The number of carbonyl (C=O) groups is 1. The summed E-state index contributed by atoms with van der Waals surface area (Å²) in [6.07, 6.45) is 0.231. The average molecular weight is 319 g/mol. The third kappa shape index (κ3) is 4.17. The van der Waals surface area contributed by atoms with Crippen molar-refractivity contribution in [3.05, 3.63) is 33.4 Å². The predicted octanol–water partition coefficient (Wildman–Crippen LogP) is 2.24. The molecule has 0 amide bonds. The van der Waals surface area contributed by atoms with Crippen molar-refractivity contribution in [3.8, 4) is 0 Å². The molecule has 1 rings (SSSR count). The molecule has 3 nitrogen and oxygen atoms in total. The van der Waals surface area contributed by atoms with Crippen LogP contribution >= 0.6 is 22.6 Å². The van der Waals surface area contributed by atoms with Gasteiger partial charge < -0.3 is 10.5 Å². The predicted molar refractivity (Wildman–Crippen MR) is 67.3 cm³/mol. The standard InChI is InChI=1S/C11H14INO2/c1-2-15-11(14)7-10(13)8-3-5-9(12)6-4-8/h3-6,10H,2,7,13H2,1H3. The first-order chi connectivity index (χ1) is 7.13. The van der Waals surface area contributed by atoms with Crippen LogP contribution in [0.4, 0.5) is 0 Å². The lowest BCUT2D eigenvalue weighted by atomic mass is 10.1. The summed E-state index contributed by atoms with van der Waals surface area (Å²) >= 11 is 2.23. The maximum atomic E-state index is 11.2. The largest absolute Gasteiger partial charge is 0.466 e. The summed E-state index contributed by atoms with van der Waals surface area (Å²) in [7, 11) is 0. The zero-order valence-corrected chi connectivity index (χ0v) is 10.7. The molecule has 1 aromatic rings. The first-order valence-corrected chi connectivity index (χ1v) is 5.88. The second kappa shape index (κ2) is 6.07. The van der Waals surface area contributed by atoms with E-state index < -0.39 is 0 Å². The van der Waals surface area contributed by atoms with Crippen LogP contribution in [0, 0.1) is 3.57 Å². The Labute approximate surface area is 103 Å². The van der Waals surface area contributed by atoms with Crippen LogP contribution in [-0.2, 0) is 9.53 Å². The van der Waals surface area contributed by atoms with Crippen molar-refractivity contribution in [1.29, 1.82) is 0 Å². The molecule has 0 aromatic heterocycles. The Morgan fingerprint density at radius 3 is 2.60 bits per heavy atom. The van der Waals surface area contributed by atoms with E-state index in [1.165, 1.54) is 0 Å². The molecule has 82 valence electrons. The first-order valence-electron chi connectivity index (χ1n) is 4.80. The lowest BCUT2D eigenvalue weighted by Crippen LogP contribution is -2.17. The fourth-order valence-electron chi connectivity index (χ4n) is 1.23. The fourth-order valence-corrected chi connectivity index (χ4v) is 1.59. The summed E-state index contributed by atoms with van der Waals surface area (Å²) in [6.45, 7) is 2.19. The molecule has 15 heavy (non-hydrogen) atoms. The van der Waals surface area contributed by atoms with Crippen LogP contribution in [0.3, 0.4) is 0 Å². The maximum absolute atomic E-state index is 11.2. The van der Waals surface area contributed by atoms with Crippen LogP contribution in [0.15, 0.2) is 24.3 Å². The molecule has 0 heterocycles. The number of ether oxygens (including phenoxy) is 1. The molecule has 1 atom stereocenters. The molecule has 0 spiro atoms. The summed E-state index contributed by atoms with van der Waals surface area (Å²) < 4.78 is 5.99. The van der Waals surface area contributed by atoms with Crippen molar-refractivity contribution in [3.63, 3.8) is 0 Å². The Morgan fingerprint density at radius 2 is 2.07 bits per heavy atom. The summed E-state index contributed by atoms with van der Waals surface area (Å²) in [4.78, 5) is 11.2. The van der Waals surface area contributed by atoms with Crippen molar-refractivity contribution >= 4 is 28.6 Å². The van der Waals surface area contributed by atoms with Gasteiger partial charge in [0.25, 0.3) is 0 Å². The van der Waals surface area contributed by atoms with E-state index in [9.17, 15) is 4.79 Å². The SMILES string of the molecule is CCOC(=O)CC(N)c1ccc(I)cc1.